The Balaban J connectivity index is 1.74. The van der Waals surface area contributed by atoms with Gasteiger partial charge in [-0.05, 0) is 52.4 Å². The van der Waals surface area contributed by atoms with Gasteiger partial charge in [0.25, 0.3) is 0 Å². The maximum Gasteiger partial charge on any atom is 0.318 e. The van der Waals surface area contributed by atoms with Crippen molar-refractivity contribution < 1.29 is 4.79 Å². The number of nitrogens with zero attached hydrogens (tertiary/aromatic N) is 3. The highest BCUT2D eigenvalue weighted by Gasteiger charge is 2.30. The number of hydrogen-bond donors (Lipinski definition) is 1. The van der Waals surface area contributed by atoms with E-state index in [0.29, 0.717) is 12.6 Å². The first-order valence-electron chi connectivity index (χ1n) is 8.62. The molecule has 2 atom stereocenters. The number of benzene rings is 1. The number of fused-ring (bicyclic) bond motifs is 1. The third-order valence-electron chi connectivity index (χ3n) is 4.79. The highest BCUT2D eigenvalue weighted by Crippen LogP contribution is 2.35. The second-order valence-corrected chi connectivity index (χ2v) is 7.79. The molecule has 1 N–H and O–H groups in total. The van der Waals surface area contributed by atoms with E-state index in [4.69, 9.17) is 4.98 Å². The van der Waals surface area contributed by atoms with Gasteiger partial charge in [0, 0.05) is 19.1 Å². The maximum absolute atomic E-state index is 12.7. The smallest absolute Gasteiger partial charge is 0.318 e. The Morgan fingerprint density at radius 3 is 2.96 bits per heavy atom. The number of carbonyl (C=O) groups excluding carboxylic acids is 1. The van der Waals surface area contributed by atoms with Crippen LogP contribution in [0.5, 0.6) is 0 Å². The molecule has 0 bridgehead atoms. The number of para-hydroxylation sites is 1. The van der Waals surface area contributed by atoms with Crippen LogP contribution in [-0.2, 0) is 0 Å². The van der Waals surface area contributed by atoms with Gasteiger partial charge < -0.3 is 15.1 Å². The lowest BCUT2D eigenvalue weighted by atomic mass is 10.0. The number of likely N-dealkylation sites (N-methyl/N-ethyl adjacent to an activating group) is 1. The number of nitrogens with one attached hydrogen (secondary N) is 1. The number of urea groups is 1. The number of aromatic nitrogens is 1. The molecular weight excluding hydrogens is 320 g/mol. The Morgan fingerprint density at radius 1 is 1.42 bits per heavy atom. The first-order valence-corrected chi connectivity index (χ1v) is 9.44. The van der Waals surface area contributed by atoms with Gasteiger partial charge in [-0.2, -0.15) is 0 Å². The van der Waals surface area contributed by atoms with Crippen molar-refractivity contribution in [2.24, 2.45) is 0 Å². The van der Waals surface area contributed by atoms with Crippen LogP contribution in [0.4, 0.5) is 4.79 Å². The molecule has 0 spiro atoms. The van der Waals surface area contributed by atoms with Gasteiger partial charge >= 0.3 is 6.03 Å². The van der Waals surface area contributed by atoms with Crippen LogP contribution < -0.4 is 5.32 Å². The summed E-state index contributed by atoms with van der Waals surface area (Å²) in [6.07, 6.45) is 3.22. The fourth-order valence-corrected chi connectivity index (χ4v) is 4.10. The number of rotatable bonds is 4. The number of piperidine rings is 1. The van der Waals surface area contributed by atoms with Gasteiger partial charge in [0.1, 0.15) is 5.01 Å². The third kappa shape index (κ3) is 3.70. The standard InChI is InChI=1S/C18H26N4OS/c1-13(21(2)3)12-19-18(23)22-11-7-6-9-15(22)17-20-14-8-4-5-10-16(14)24-17/h4-5,8,10,13,15H,6-7,9,11-12H2,1-3H3,(H,19,23)/t13-,15+/m1/s1. The molecule has 5 nitrogen and oxygen atoms in total. The van der Waals surface area contributed by atoms with Crippen LogP contribution in [0.2, 0.25) is 0 Å². The Morgan fingerprint density at radius 2 is 2.21 bits per heavy atom. The predicted octanol–water partition coefficient (Wildman–Crippen LogP) is 3.48. The van der Waals surface area contributed by atoms with Crippen molar-refractivity contribution in [2.75, 3.05) is 27.2 Å². The topological polar surface area (TPSA) is 48.5 Å². The van der Waals surface area contributed by atoms with Gasteiger partial charge in [-0.3, -0.25) is 0 Å². The van der Waals surface area contributed by atoms with Gasteiger partial charge in [-0.1, -0.05) is 12.1 Å². The Bertz CT molecular complexity index is 666. The molecule has 1 aromatic carbocycles. The summed E-state index contributed by atoms with van der Waals surface area (Å²) in [5.74, 6) is 0. The summed E-state index contributed by atoms with van der Waals surface area (Å²) in [5.41, 5.74) is 1.03. The van der Waals surface area contributed by atoms with Crippen molar-refractivity contribution in [3.63, 3.8) is 0 Å². The third-order valence-corrected chi connectivity index (χ3v) is 5.93. The van der Waals surface area contributed by atoms with E-state index < -0.39 is 0 Å². The van der Waals surface area contributed by atoms with E-state index >= 15 is 0 Å². The molecule has 0 radical (unpaired) electrons. The first kappa shape index (κ1) is 17.2. The molecule has 6 heteroatoms. The fourth-order valence-electron chi connectivity index (χ4n) is 2.98. The summed E-state index contributed by atoms with van der Waals surface area (Å²) < 4.78 is 1.19. The van der Waals surface area contributed by atoms with Crippen LogP contribution in [0.1, 0.15) is 37.2 Å². The van der Waals surface area contributed by atoms with Gasteiger partial charge in [0.05, 0.1) is 16.3 Å². The summed E-state index contributed by atoms with van der Waals surface area (Å²) >= 11 is 1.71. The monoisotopic (exact) mass is 346 g/mol. The molecule has 1 saturated heterocycles. The lowest BCUT2D eigenvalue weighted by molar-refractivity contribution is 0.149. The van der Waals surface area contributed by atoms with Crippen molar-refractivity contribution in [1.29, 1.82) is 0 Å². The van der Waals surface area contributed by atoms with Crippen molar-refractivity contribution in [2.45, 2.75) is 38.3 Å². The largest absolute Gasteiger partial charge is 0.336 e. The quantitative estimate of drug-likeness (QED) is 0.922. The lowest BCUT2D eigenvalue weighted by Gasteiger charge is -2.35. The van der Waals surface area contributed by atoms with Crippen LogP contribution in [-0.4, -0.2) is 54.0 Å². The zero-order valence-electron chi connectivity index (χ0n) is 14.7. The molecule has 2 aromatic rings. The van der Waals surface area contributed by atoms with E-state index in [-0.39, 0.29) is 12.1 Å². The number of hydrogen-bond acceptors (Lipinski definition) is 4. The molecule has 24 heavy (non-hydrogen) atoms. The molecule has 3 rings (SSSR count). The van der Waals surface area contributed by atoms with Gasteiger partial charge in [0.15, 0.2) is 0 Å². The Kier molecular flexibility index (Phi) is 5.36. The van der Waals surface area contributed by atoms with Gasteiger partial charge in [-0.25, -0.2) is 9.78 Å². The van der Waals surface area contributed by atoms with Gasteiger partial charge in [0.2, 0.25) is 0 Å². The second-order valence-electron chi connectivity index (χ2n) is 6.72. The molecule has 1 aliphatic heterocycles. The summed E-state index contributed by atoms with van der Waals surface area (Å²) in [7, 11) is 4.06. The normalized spacial score (nSPS) is 19.7. The minimum atomic E-state index is 0.0349. The van der Waals surface area contributed by atoms with Crippen LogP contribution in [0, 0.1) is 0 Å². The highest BCUT2D eigenvalue weighted by atomic mass is 32.1. The number of amides is 2. The molecule has 2 heterocycles. The molecule has 2 amide bonds. The van der Waals surface area contributed by atoms with Crippen molar-refractivity contribution >= 4 is 27.6 Å². The van der Waals surface area contributed by atoms with Crippen LogP contribution >= 0.6 is 11.3 Å². The van der Waals surface area contributed by atoms with Crippen molar-refractivity contribution in [1.82, 2.24) is 20.1 Å². The molecule has 0 aliphatic carbocycles. The average molecular weight is 347 g/mol. The van der Waals surface area contributed by atoms with E-state index in [0.717, 1.165) is 36.3 Å². The summed E-state index contributed by atoms with van der Waals surface area (Å²) in [4.78, 5) is 21.6. The zero-order valence-corrected chi connectivity index (χ0v) is 15.5. The number of carbonyl (C=O) groups is 1. The number of thiazole rings is 1. The zero-order chi connectivity index (χ0) is 17.1. The molecule has 1 fully saturated rings. The lowest BCUT2D eigenvalue weighted by Crippen LogP contribution is -2.47. The highest BCUT2D eigenvalue weighted by molar-refractivity contribution is 7.18. The molecule has 1 aliphatic rings. The van der Waals surface area contributed by atoms with Crippen LogP contribution in [0.15, 0.2) is 24.3 Å². The molecule has 130 valence electrons. The van der Waals surface area contributed by atoms with Crippen molar-refractivity contribution in [3.8, 4) is 0 Å². The molecule has 0 unspecified atom stereocenters. The summed E-state index contributed by atoms with van der Waals surface area (Å²) in [5, 5.41) is 4.15. The number of likely N-dealkylation sites (tertiary alicyclic amines) is 1. The van der Waals surface area contributed by atoms with E-state index in [2.05, 4.69) is 23.2 Å². The van der Waals surface area contributed by atoms with Gasteiger partial charge in [-0.15, -0.1) is 11.3 Å². The van der Waals surface area contributed by atoms with E-state index in [1.165, 1.54) is 4.70 Å². The first-order chi connectivity index (χ1) is 11.6. The molecular formula is C18H26N4OS. The van der Waals surface area contributed by atoms with E-state index in [1.54, 1.807) is 11.3 Å². The van der Waals surface area contributed by atoms with Crippen LogP contribution in [0.25, 0.3) is 10.2 Å². The molecule has 0 saturated carbocycles. The predicted molar refractivity (Wildman–Crippen MR) is 99.5 cm³/mol. The van der Waals surface area contributed by atoms with E-state index in [1.807, 2.05) is 37.2 Å². The second kappa shape index (κ2) is 7.49. The summed E-state index contributed by atoms with van der Waals surface area (Å²) in [6, 6.07) is 8.65. The molecule has 1 aromatic heterocycles. The van der Waals surface area contributed by atoms with Crippen molar-refractivity contribution in [3.05, 3.63) is 29.3 Å². The fraction of sp³-hybridized carbons (Fsp3) is 0.556. The minimum Gasteiger partial charge on any atom is -0.336 e. The Hall–Kier alpha value is -1.66. The SMILES string of the molecule is C[C@H](CNC(=O)N1CCCC[C@H]1c1nc2ccccc2s1)N(C)C. The minimum absolute atomic E-state index is 0.0349. The average Bonchev–Trinajstić information content (AvgIpc) is 3.03. The van der Waals surface area contributed by atoms with Crippen LogP contribution in [0.3, 0.4) is 0 Å². The van der Waals surface area contributed by atoms with E-state index in [9.17, 15) is 4.79 Å². The summed E-state index contributed by atoms with van der Waals surface area (Å²) in [6.45, 7) is 3.58. The maximum atomic E-state index is 12.7. The Labute approximate surface area is 147 Å².